The predicted octanol–water partition coefficient (Wildman–Crippen LogP) is -0.722. The summed E-state index contributed by atoms with van der Waals surface area (Å²) in [5.41, 5.74) is 1.39. The molecule has 0 saturated carbocycles. The number of pyridine rings is 1. The maximum atomic E-state index is 4.19. The molecule has 20 heavy (non-hydrogen) atoms. The van der Waals surface area contributed by atoms with Crippen LogP contribution in [-0.4, -0.2) is 48.7 Å². The highest BCUT2D eigenvalue weighted by molar-refractivity contribution is 5.85. The van der Waals surface area contributed by atoms with Gasteiger partial charge in [0.05, 0.1) is 39.3 Å². The number of quaternary nitrogens is 1. The third-order valence-corrected chi connectivity index (χ3v) is 4.93. The number of hydrogen-bond donors (Lipinski definition) is 0. The Morgan fingerprint density at radius 2 is 2.10 bits per heavy atom. The molecule has 106 valence electrons. The number of piperazine rings is 1. The number of fused-ring (bicyclic) bond motifs is 3. The van der Waals surface area contributed by atoms with Crippen LogP contribution in [0.1, 0.15) is 6.42 Å². The van der Waals surface area contributed by atoms with Crippen molar-refractivity contribution in [2.75, 3.05) is 38.1 Å². The number of hydrogen-bond acceptors (Lipinski definition) is 2. The molecule has 0 amide bonds. The van der Waals surface area contributed by atoms with Crippen molar-refractivity contribution in [1.29, 1.82) is 0 Å². The molecule has 0 spiro atoms. The molecule has 2 fully saturated rings. The first kappa shape index (κ1) is 14.1. The molecule has 2 saturated heterocycles. The van der Waals surface area contributed by atoms with Gasteiger partial charge in [0.2, 0.25) is 0 Å². The second-order valence-electron chi connectivity index (χ2n) is 6.29. The summed E-state index contributed by atoms with van der Waals surface area (Å²) in [7, 11) is 2.41. The molecule has 2 atom stereocenters. The quantitative estimate of drug-likeness (QED) is 0.479. The topological polar surface area (TPSA) is 16.1 Å². The van der Waals surface area contributed by atoms with E-state index in [1.807, 2.05) is 12.4 Å². The molecule has 3 heterocycles. The molecule has 0 N–H and O–H groups in total. The highest BCUT2D eigenvalue weighted by Crippen LogP contribution is 2.31. The number of halogens is 1. The fourth-order valence-electron chi connectivity index (χ4n) is 3.73. The Balaban J connectivity index is 0.00000121. The van der Waals surface area contributed by atoms with Gasteiger partial charge >= 0.3 is 0 Å². The summed E-state index contributed by atoms with van der Waals surface area (Å²) < 4.78 is 1.28. The average molecular weight is 381 g/mol. The van der Waals surface area contributed by atoms with Crippen LogP contribution in [0.4, 0.5) is 5.69 Å². The van der Waals surface area contributed by atoms with Crippen LogP contribution in [0.25, 0.3) is 10.8 Å². The first-order valence-electron chi connectivity index (χ1n) is 7.18. The summed E-state index contributed by atoms with van der Waals surface area (Å²) >= 11 is 0. The predicted molar refractivity (Wildman–Crippen MR) is 78.3 cm³/mol. The van der Waals surface area contributed by atoms with E-state index in [1.54, 1.807) is 0 Å². The van der Waals surface area contributed by atoms with Crippen molar-refractivity contribution in [3.63, 3.8) is 0 Å². The first-order valence-corrected chi connectivity index (χ1v) is 7.18. The minimum Gasteiger partial charge on any atom is -1.00 e. The van der Waals surface area contributed by atoms with Crippen molar-refractivity contribution >= 4 is 16.5 Å². The van der Waals surface area contributed by atoms with Gasteiger partial charge in [-0.3, -0.25) is 4.98 Å². The summed E-state index contributed by atoms with van der Waals surface area (Å²) in [6, 6.07) is 9.63. The molecule has 2 bridgehead atoms. The third kappa shape index (κ3) is 2.29. The Hall–Kier alpha value is -0.880. The van der Waals surface area contributed by atoms with Crippen LogP contribution in [-0.2, 0) is 0 Å². The Labute approximate surface area is 137 Å². The number of nitrogens with zero attached hydrogens (tertiary/aromatic N) is 3. The van der Waals surface area contributed by atoms with Gasteiger partial charge in [-0.1, -0.05) is 6.07 Å². The first-order chi connectivity index (χ1) is 9.23. The molecule has 4 rings (SSSR count). The highest BCUT2D eigenvalue weighted by atomic mass is 127. The van der Waals surface area contributed by atoms with Crippen LogP contribution < -0.4 is 28.9 Å². The van der Waals surface area contributed by atoms with E-state index >= 15 is 0 Å². The lowest BCUT2D eigenvalue weighted by Crippen LogP contribution is -3.00. The molecular formula is C16H20IN3. The van der Waals surface area contributed by atoms with Crippen LogP contribution in [0.15, 0.2) is 36.7 Å². The average Bonchev–Trinajstić information content (AvgIpc) is 2.74. The standard InChI is InChI=1S/C16H20N3.HI/c1-19-8-5-16(12-19)18(7-9-19)15-3-2-14-11-17-6-4-13(14)10-15;/h2-4,6,10-11,16H,5,7-9,12H2,1H3;1H/q+1;/p-1. The van der Waals surface area contributed by atoms with Gasteiger partial charge in [0, 0.05) is 29.9 Å². The van der Waals surface area contributed by atoms with Gasteiger partial charge in [-0.2, -0.15) is 0 Å². The second kappa shape index (κ2) is 5.15. The molecule has 2 unspecified atom stereocenters. The minimum atomic E-state index is 0. The van der Waals surface area contributed by atoms with Gasteiger partial charge < -0.3 is 33.4 Å². The van der Waals surface area contributed by atoms with Crippen LogP contribution in [0.2, 0.25) is 0 Å². The zero-order valence-electron chi connectivity index (χ0n) is 11.8. The Kier molecular flexibility index (Phi) is 3.62. The van der Waals surface area contributed by atoms with Crippen LogP contribution >= 0.6 is 0 Å². The molecule has 2 aliphatic heterocycles. The van der Waals surface area contributed by atoms with E-state index in [-0.39, 0.29) is 24.0 Å². The number of anilines is 1. The summed E-state index contributed by atoms with van der Waals surface area (Å²) in [5, 5.41) is 2.53. The Bertz CT molecular complexity index is 630. The summed E-state index contributed by atoms with van der Waals surface area (Å²) in [6.45, 7) is 5.13. The maximum Gasteiger partial charge on any atom is 0.0994 e. The molecule has 0 radical (unpaired) electrons. The molecule has 2 aliphatic rings. The largest absolute Gasteiger partial charge is 1.00 e. The third-order valence-electron chi connectivity index (χ3n) is 4.93. The smallest absolute Gasteiger partial charge is 0.0994 e. The summed E-state index contributed by atoms with van der Waals surface area (Å²) in [6.07, 6.45) is 5.16. The van der Waals surface area contributed by atoms with Crippen molar-refractivity contribution in [2.45, 2.75) is 12.5 Å². The van der Waals surface area contributed by atoms with Crippen molar-refractivity contribution in [1.82, 2.24) is 4.98 Å². The zero-order valence-corrected chi connectivity index (χ0v) is 14.0. The Morgan fingerprint density at radius 3 is 3.00 bits per heavy atom. The van der Waals surface area contributed by atoms with Gasteiger partial charge in [-0.25, -0.2) is 0 Å². The molecule has 1 aromatic carbocycles. The lowest BCUT2D eigenvalue weighted by molar-refractivity contribution is -0.899. The van der Waals surface area contributed by atoms with Crippen LogP contribution in [0.3, 0.4) is 0 Å². The number of rotatable bonds is 1. The number of likely N-dealkylation sites (N-methyl/N-ethyl adjacent to an activating group) is 1. The molecule has 3 nitrogen and oxygen atoms in total. The van der Waals surface area contributed by atoms with Crippen molar-refractivity contribution in [3.8, 4) is 0 Å². The molecule has 2 aromatic rings. The lowest BCUT2D eigenvalue weighted by atomic mass is 10.1. The van der Waals surface area contributed by atoms with E-state index < -0.39 is 0 Å². The molecule has 0 aliphatic carbocycles. The van der Waals surface area contributed by atoms with Gasteiger partial charge in [0.1, 0.15) is 0 Å². The maximum absolute atomic E-state index is 4.19. The van der Waals surface area contributed by atoms with E-state index in [2.05, 4.69) is 41.2 Å². The normalized spacial score (nSPS) is 28.4. The Morgan fingerprint density at radius 1 is 1.20 bits per heavy atom. The van der Waals surface area contributed by atoms with E-state index in [0.29, 0.717) is 0 Å². The van der Waals surface area contributed by atoms with Crippen molar-refractivity contribution in [3.05, 3.63) is 36.7 Å². The summed E-state index contributed by atoms with van der Waals surface area (Å²) in [4.78, 5) is 6.80. The van der Waals surface area contributed by atoms with E-state index in [1.165, 1.54) is 53.5 Å². The monoisotopic (exact) mass is 381 g/mol. The van der Waals surface area contributed by atoms with Gasteiger partial charge in [-0.05, 0) is 23.6 Å². The van der Waals surface area contributed by atoms with Gasteiger partial charge in [0.25, 0.3) is 0 Å². The van der Waals surface area contributed by atoms with E-state index in [9.17, 15) is 0 Å². The molecule has 4 heteroatoms. The zero-order chi connectivity index (χ0) is 12.9. The van der Waals surface area contributed by atoms with E-state index in [4.69, 9.17) is 0 Å². The SMILES string of the molecule is C[N+]12CCC(C1)N(c1ccc3cnccc3c1)CC2.[I-]. The minimum absolute atomic E-state index is 0. The van der Waals surface area contributed by atoms with Gasteiger partial charge in [-0.15, -0.1) is 0 Å². The van der Waals surface area contributed by atoms with Crippen molar-refractivity contribution < 1.29 is 28.5 Å². The second-order valence-corrected chi connectivity index (χ2v) is 6.29. The summed E-state index contributed by atoms with van der Waals surface area (Å²) in [5.74, 6) is 0. The van der Waals surface area contributed by atoms with Crippen molar-refractivity contribution in [2.24, 2.45) is 0 Å². The fourth-order valence-corrected chi connectivity index (χ4v) is 3.73. The van der Waals surface area contributed by atoms with Gasteiger partial charge in [0.15, 0.2) is 0 Å². The molecule has 1 aromatic heterocycles. The van der Waals surface area contributed by atoms with Crippen LogP contribution in [0, 0.1) is 0 Å². The fraction of sp³-hybridized carbons (Fsp3) is 0.438. The lowest BCUT2D eigenvalue weighted by Gasteiger charge is -2.40. The molecular weight excluding hydrogens is 361 g/mol. The highest BCUT2D eigenvalue weighted by Gasteiger charge is 2.42. The van der Waals surface area contributed by atoms with Crippen LogP contribution in [0.5, 0.6) is 0 Å². The van der Waals surface area contributed by atoms with E-state index in [0.717, 1.165) is 6.04 Å². The number of benzene rings is 1. The number of aromatic nitrogens is 1.